The summed E-state index contributed by atoms with van der Waals surface area (Å²) in [5, 5.41) is 12.1. The number of nitrogens with one attached hydrogen (secondary N) is 1. The fourth-order valence-corrected chi connectivity index (χ4v) is 3.92. The molecule has 0 saturated heterocycles. The molecule has 7 nitrogen and oxygen atoms in total. The van der Waals surface area contributed by atoms with E-state index in [1.807, 2.05) is 18.2 Å². The highest BCUT2D eigenvalue weighted by Gasteiger charge is 2.30. The summed E-state index contributed by atoms with van der Waals surface area (Å²) in [4.78, 5) is 27.9. The first-order valence-corrected chi connectivity index (χ1v) is 12.7. The topological polar surface area (TPSA) is 115 Å². The van der Waals surface area contributed by atoms with Crippen LogP contribution in [0.25, 0.3) is 11.1 Å². The quantitative estimate of drug-likeness (QED) is 0.221. The number of nitrogens with two attached hydrogens (primary N) is 1. The number of aromatic nitrogens is 1. The first-order valence-electron chi connectivity index (χ1n) is 12.7. The van der Waals surface area contributed by atoms with Crippen molar-refractivity contribution in [2.75, 3.05) is 6.54 Å². The van der Waals surface area contributed by atoms with Crippen LogP contribution in [0.4, 0.5) is 18.0 Å². The van der Waals surface area contributed by atoms with E-state index in [4.69, 9.17) is 10.5 Å². The number of rotatable bonds is 8. The zero-order valence-corrected chi connectivity index (χ0v) is 22.3. The average molecular weight is 566 g/mol. The van der Waals surface area contributed by atoms with E-state index in [0.29, 0.717) is 28.8 Å². The van der Waals surface area contributed by atoms with Gasteiger partial charge in [-0.1, -0.05) is 60.7 Å². The number of nitrogens with zero attached hydrogens (tertiary/aromatic N) is 1. The van der Waals surface area contributed by atoms with Crippen LogP contribution in [0.2, 0.25) is 0 Å². The number of carbonyl (C=O) groups is 2. The zero-order chi connectivity index (χ0) is 29.8. The molecule has 0 unspecified atom stereocenters. The molecule has 1 amide bonds. The van der Waals surface area contributed by atoms with Gasteiger partial charge in [0.05, 0.1) is 11.1 Å². The van der Waals surface area contributed by atoms with Crippen LogP contribution in [-0.2, 0) is 23.9 Å². The van der Waals surface area contributed by atoms with Gasteiger partial charge in [-0.3, -0.25) is 4.98 Å². The van der Waals surface area contributed by atoms with Crippen molar-refractivity contribution >= 4 is 12.1 Å². The predicted octanol–water partition coefficient (Wildman–Crippen LogP) is 6.64. The number of hydrogen-bond donors (Lipinski definition) is 3. The molecule has 0 radical (unpaired) electrons. The number of carboxylic acid groups (broad SMARTS) is 1. The van der Waals surface area contributed by atoms with Crippen molar-refractivity contribution in [3.8, 4) is 11.1 Å². The fraction of sp³-hybridized carbons (Fsp3) is 0.194. The number of ether oxygens (including phenoxy) is 1. The summed E-state index contributed by atoms with van der Waals surface area (Å²) in [7, 11) is 0. The number of hydrogen-bond acceptors (Lipinski definition) is 5. The minimum Gasteiger partial charge on any atom is -0.478 e. The van der Waals surface area contributed by atoms with Crippen LogP contribution in [0.1, 0.15) is 45.8 Å². The highest BCUT2D eigenvalue weighted by atomic mass is 19.4. The highest BCUT2D eigenvalue weighted by Crippen LogP contribution is 2.30. The molecule has 3 aromatic carbocycles. The summed E-state index contributed by atoms with van der Waals surface area (Å²) in [6.07, 6.45) is -3.29. The lowest BCUT2D eigenvalue weighted by Gasteiger charge is -2.16. The van der Waals surface area contributed by atoms with Gasteiger partial charge in [-0.05, 0) is 66.1 Å². The summed E-state index contributed by atoms with van der Waals surface area (Å²) >= 11 is 0. The van der Waals surface area contributed by atoms with Crippen molar-refractivity contribution in [2.45, 2.75) is 32.2 Å². The fourth-order valence-electron chi connectivity index (χ4n) is 3.92. The summed E-state index contributed by atoms with van der Waals surface area (Å²) in [6.45, 7) is 2.30. The van der Waals surface area contributed by atoms with Gasteiger partial charge >= 0.3 is 18.2 Å². The maximum absolute atomic E-state index is 12.7. The van der Waals surface area contributed by atoms with Gasteiger partial charge in [0.25, 0.3) is 0 Å². The molecule has 1 heterocycles. The van der Waals surface area contributed by atoms with Gasteiger partial charge in [0.1, 0.15) is 6.10 Å². The molecule has 0 aliphatic rings. The van der Waals surface area contributed by atoms with Crippen LogP contribution in [-0.4, -0.2) is 28.7 Å². The highest BCUT2D eigenvalue weighted by molar-refractivity contribution is 5.96. The third-order valence-corrected chi connectivity index (χ3v) is 6.01. The second kappa shape index (κ2) is 14.6. The molecule has 0 bridgehead atoms. The van der Waals surface area contributed by atoms with Crippen LogP contribution in [0.5, 0.6) is 0 Å². The van der Waals surface area contributed by atoms with Crippen molar-refractivity contribution in [3.63, 3.8) is 0 Å². The Bertz CT molecular complexity index is 1430. The second-order valence-electron chi connectivity index (χ2n) is 8.89. The average Bonchev–Trinajstić information content (AvgIpc) is 2.97. The number of halogens is 3. The normalized spacial score (nSPS) is 11.5. The molecule has 0 saturated carbocycles. The van der Waals surface area contributed by atoms with E-state index in [0.717, 1.165) is 24.2 Å². The number of benzene rings is 3. The third-order valence-electron chi connectivity index (χ3n) is 6.01. The number of pyridine rings is 1. The maximum Gasteiger partial charge on any atom is 0.416 e. The largest absolute Gasteiger partial charge is 0.478 e. The first kappa shape index (κ1) is 30.8. The maximum atomic E-state index is 12.7. The third kappa shape index (κ3) is 9.18. The van der Waals surface area contributed by atoms with Gasteiger partial charge in [-0.15, -0.1) is 0 Å². The smallest absolute Gasteiger partial charge is 0.416 e. The minimum absolute atomic E-state index is 0.0721. The number of alkyl carbamates (subject to hydrolysis) is 1. The lowest BCUT2D eigenvalue weighted by Crippen LogP contribution is -2.25. The van der Waals surface area contributed by atoms with Crippen LogP contribution >= 0.6 is 0 Å². The van der Waals surface area contributed by atoms with E-state index in [2.05, 4.69) is 10.3 Å². The van der Waals surface area contributed by atoms with Crippen molar-refractivity contribution < 1.29 is 32.6 Å². The number of carboxylic acids is 1. The molecule has 0 fully saturated rings. The summed E-state index contributed by atoms with van der Waals surface area (Å²) in [5.74, 6) is -1.06. The Balaban J connectivity index is 0.000000436. The lowest BCUT2D eigenvalue weighted by atomic mass is 9.95. The Labute approximate surface area is 235 Å². The van der Waals surface area contributed by atoms with E-state index in [-0.39, 0.29) is 12.1 Å². The van der Waals surface area contributed by atoms with E-state index in [1.165, 1.54) is 18.2 Å². The Morgan fingerprint density at radius 1 is 0.927 bits per heavy atom. The number of amides is 1. The Hall–Kier alpha value is -4.70. The molecule has 1 aromatic heterocycles. The number of aromatic carboxylic acids is 1. The zero-order valence-electron chi connectivity index (χ0n) is 22.3. The molecular formula is C31H30F3N3O4. The van der Waals surface area contributed by atoms with E-state index < -0.39 is 29.9 Å². The number of alkyl halides is 3. The SMILES string of the molecule is C[C@@H](OC(=O)NCc1ccccc1-c1ccccc1C(=O)O)c1ccc(C(F)(F)F)cc1.NCCc1ccccn1. The molecule has 4 aromatic rings. The predicted molar refractivity (Wildman–Crippen MR) is 149 cm³/mol. The molecule has 4 N–H and O–H groups in total. The summed E-state index contributed by atoms with van der Waals surface area (Å²) in [6, 6.07) is 23.8. The molecule has 1 atom stereocenters. The Morgan fingerprint density at radius 3 is 2.17 bits per heavy atom. The van der Waals surface area contributed by atoms with E-state index >= 15 is 0 Å². The number of carbonyl (C=O) groups excluding carboxylic acids is 1. The molecule has 0 aliphatic heterocycles. The van der Waals surface area contributed by atoms with Gasteiger partial charge in [0.15, 0.2) is 0 Å². The van der Waals surface area contributed by atoms with Crippen molar-refractivity contribution in [1.29, 1.82) is 0 Å². The van der Waals surface area contributed by atoms with Crippen LogP contribution in [0, 0.1) is 0 Å². The van der Waals surface area contributed by atoms with Crippen LogP contribution in [0.3, 0.4) is 0 Å². The van der Waals surface area contributed by atoms with Gasteiger partial charge in [0, 0.05) is 24.9 Å². The molecule has 214 valence electrons. The Kier molecular flexibility index (Phi) is 11.0. The van der Waals surface area contributed by atoms with Crippen molar-refractivity contribution in [1.82, 2.24) is 10.3 Å². The standard InChI is InChI=1S/C24H20F3NO4.C7H10N2/c1-15(16-10-12-18(13-11-16)24(25,26)27)32-23(31)28-14-17-6-2-3-7-19(17)20-8-4-5-9-21(20)22(29)30;8-5-4-7-3-1-2-6-9-7/h2-13,15H,14H2,1H3,(H,28,31)(H,29,30);1-3,6H,4-5,8H2/t15-;/m1./s1. The monoisotopic (exact) mass is 565 g/mol. The van der Waals surface area contributed by atoms with Crippen LogP contribution < -0.4 is 11.1 Å². The van der Waals surface area contributed by atoms with E-state index in [9.17, 15) is 27.9 Å². The van der Waals surface area contributed by atoms with Gasteiger partial charge < -0.3 is 20.9 Å². The second-order valence-corrected chi connectivity index (χ2v) is 8.89. The van der Waals surface area contributed by atoms with Crippen molar-refractivity contribution in [2.24, 2.45) is 5.73 Å². The lowest BCUT2D eigenvalue weighted by molar-refractivity contribution is -0.137. The Morgan fingerprint density at radius 2 is 1.56 bits per heavy atom. The van der Waals surface area contributed by atoms with Gasteiger partial charge in [-0.25, -0.2) is 9.59 Å². The van der Waals surface area contributed by atoms with Gasteiger partial charge in [-0.2, -0.15) is 13.2 Å². The summed E-state index contributed by atoms with van der Waals surface area (Å²) in [5.41, 5.74) is 8.02. The van der Waals surface area contributed by atoms with Crippen molar-refractivity contribution in [3.05, 3.63) is 125 Å². The first-order chi connectivity index (χ1) is 19.6. The van der Waals surface area contributed by atoms with Crippen LogP contribution in [0.15, 0.2) is 97.2 Å². The van der Waals surface area contributed by atoms with Gasteiger partial charge in [0.2, 0.25) is 0 Å². The molecule has 10 heteroatoms. The minimum atomic E-state index is -4.44. The molecule has 4 rings (SSSR count). The molecular weight excluding hydrogens is 535 g/mol. The molecule has 41 heavy (non-hydrogen) atoms. The summed E-state index contributed by atoms with van der Waals surface area (Å²) < 4.78 is 43.3. The molecule has 0 spiro atoms. The van der Waals surface area contributed by atoms with E-state index in [1.54, 1.807) is 55.6 Å². The molecule has 0 aliphatic carbocycles.